The summed E-state index contributed by atoms with van der Waals surface area (Å²) in [5.74, 6) is -0.346. The molecule has 4 heteroatoms. The lowest BCUT2D eigenvalue weighted by molar-refractivity contribution is -0.0367. The normalized spacial score (nSPS) is 20.7. The highest BCUT2D eigenvalue weighted by Gasteiger charge is 2.36. The number of rotatable bonds is 4. The summed E-state index contributed by atoms with van der Waals surface area (Å²) < 4.78 is 14.0. The lowest BCUT2D eigenvalue weighted by atomic mass is 9.84. The Morgan fingerprint density at radius 1 is 1.04 bits per heavy atom. The largest absolute Gasteiger partial charge is 0.387 e. The van der Waals surface area contributed by atoms with Gasteiger partial charge in [0.15, 0.2) is 0 Å². The van der Waals surface area contributed by atoms with Crippen LogP contribution in [0.5, 0.6) is 0 Å². The number of nitrogens with zero attached hydrogens (tertiary/aromatic N) is 1. The van der Waals surface area contributed by atoms with E-state index in [9.17, 15) is 14.6 Å². The average Bonchev–Trinajstić information content (AvgIpc) is 3.12. The molecule has 0 saturated carbocycles. The molecule has 2 N–H and O–H groups in total. The van der Waals surface area contributed by atoms with Gasteiger partial charge in [0.05, 0.1) is 11.7 Å². The first-order valence-electron chi connectivity index (χ1n) is 9.55. The number of likely N-dealkylation sites (tertiary alicyclic amines) is 1. The molecule has 1 atom stereocenters. The third-order valence-electron chi connectivity index (χ3n) is 6.00. The highest BCUT2D eigenvalue weighted by atomic mass is 19.1. The summed E-state index contributed by atoms with van der Waals surface area (Å²) in [5.41, 5.74) is 3.03. The van der Waals surface area contributed by atoms with Crippen molar-refractivity contribution in [3.63, 3.8) is 0 Å². The zero-order valence-corrected chi connectivity index (χ0v) is 15.0. The Kier molecular flexibility index (Phi) is 4.82. The van der Waals surface area contributed by atoms with Gasteiger partial charge in [-0.25, -0.2) is 4.39 Å². The predicted octanol–water partition coefficient (Wildman–Crippen LogP) is 3.33. The fourth-order valence-electron chi connectivity index (χ4n) is 4.36. The molecule has 0 amide bonds. The van der Waals surface area contributed by atoms with Gasteiger partial charge in [0.2, 0.25) is 0 Å². The monoisotopic (exact) mass is 355 g/mol. The minimum Gasteiger partial charge on any atom is -0.387 e. The molecular weight excluding hydrogens is 329 g/mol. The number of hydrogen-bond acceptors (Lipinski definition) is 3. The third-order valence-corrected chi connectivity index (χ3v) is 6.00. The van der Waals surface area contributed by atoms with Crippen LogP contribution in [0.15, 0.2) is 42.5 Å². The summed E-state index contributed by atoms with van der Waals surface area (Å²) in [4.78, 5) is 2.16. The zero-order valence-electron chi connectivity index (χ0n) is 15.0. The second kappa shape index (κ2) is 7.10. The molecule has 0 radical (unpaired) electrons. The van der Waals surface area contributed by atoms with E-state index < -0.39 is 11.7 Å². The van der Waals surface area contributed by atoms with E-state index in [-0.39, 0.29) is 5.82 Å². The van der Waals surface area contributed by atoms with Crippen molar-refractivity contribution in [2.75, 3.05) is 19.6 Å². The Hall–Kier alpha value is -1.75. The number of benzene rings is 2. The number of hydrogen-bond donors (Lipinski definition) is 2. The topological polar surface area (TPSA) is 43.7 Å². The zero-order chi connectivity index (χ0) is 18.1. The molecule has 0 spiro atoms. The second-order valence-corrected chi connectivity index (χ2v) is 7.71. The standard InChI is InChI=1S/C22H26FNO2/c23-20-7-2-1-6-19(20)22(26)10-12-24(13-11-22)15-21(25)18-9-8-16-4-3-5-17(16)14-18/h1-2,6-9,14,21,25-26H,3-5,10-13,15H2/t21-/m0/s1. The van der Waals surface area contributed by atoms with Crippen molar-refractivity contribution in [2.45, 2.75) is 43.8 Å². The molecule has 3 nitrogen and oxygen atoms in total. The summed E-state index contributed by atoms with van der Waals surface area (Å²) in [5, 5.41) is 21.5. The van der Waals surface area contributed by atoms with Gasteiger partial charge in [-0.2, -0.15) is 0 Å². The number of aliphatic hydroxyl groups is 2. The van der Waals surface area contributed by atoms with Crippen molar-refractivity contribution in [3.05, 3.63) is 70.5 Å². The second-order valence-electron chi connectivity index (χ2n) is 7.71. The van der Waals surface area contributed by atoms with Gasteiger partial charge in [0.25, 0.3) is 0 Å². The molecule has 4 rings (SSSR count). The number of fused-ring (bicyclic) bond motifs is 1. The van der Waals surface area contributed by atoms with Gasteiger partial charge in [-0.15, -0.1) is 0 Å². The molecule has 2 aromatic rings. The van der Waals surface area contributed by atoms with Crippen molar-refractivity contribution >= 4 is 0 Å². The van der Waals surface area contributed by atoms with Crippen LogP contribution in [0.2, 0.25) is 0 Å². The fourth-order valence-corrected chi connectivity index (χ4v) is 4.36. The maximum absolute atomic E-state index is 14.0. The molecule has 0 bridgehead atoms. The van der Waals surface area contributed by atoms with Crippen molar-refractivity contribution in [1.29, 1.82) is 0 Å². The number of aliphatic hydroxyl groups excluding tert-OH is 1. The minimum absolute atomic E-state index is 0.346. The Bertz CT molecular complexity index is 783. The van der Waals surface area contributed by atoms with E-state index >= 15 is 0 Å². The molecule has 26 heavy (non-hydrogen) atoms. The summed E-state index contributed by atoms with van der Waals surface area (Å²) in [6.07, 6.45) is 3.88. The Labute approximate surface area is 154 Å². The third kappa shape index (κ3) is 3.41. The highest BCUT2D eigenvalue weighted by Crippen LogP contribution is 2.35. The van der Waals surface area contributed by atoms with Gasteiger partial charge >= 0.3 is 0 Å². The van der Waals surface area contributed by atoms with Crippen LogP contribution >= 0.6 is 0 Å². The molecule has 1 heterocycles. The minimum atomic E-state index is -1.11. The van der Waals surface area contributed by atoms with Crippen LogP contribution in [-0.4, -0.2) is 34.7 Å². The first kappa shape index (κ1) is 17.7. The van der Waals surface area contributed by atoms with Crippen LogP contribution in [0.3, 0.4) is 0 Å². The number of β-amino-alcohol motifs (C(OH)–C–C–N with tert-alkyl or cyclic N) is 1. The molecule has 138 valence electrons. The average molecular weight is 355 g/mol. The smallest absolute Gasteiger partial charge is 0.129 e. The highest BCUT2D eigenvalue weighted by molar-refractivity contribution is 5.36. The van der Waals surface area contributed by atoms with Crippen LogP contribution < -0.4 is 0 Å². The molecule has 1 saturated heterocycles. The fraction of sp³-hybridized carbons (Fsp3) is 0.455. The van der Waals surface area contributed by atoms with E-state index in [0.29, 0.717) is 38.0 Å². The molecule has 1 fully saturated rings. The van der Waals surface area contributed by atoms with E-state index in [1.807, 2.05) is 6.07 Å². The molecule has 0 aromatic heterocycles. The van der Waals surface area contributed by atoms with Gasteiger partial charge in [0, 0.05) is 25.2 Å². The first-order chi connectivity index (χ1) is 12.5. The maximum Gasteiger partial charge on any atom is 0.129 e. The van der Waals surface area contributed by atoms with E-state index in [4.69, 9.17) is 0 Å². The Balaban J connectivity index is 1.38. The molecule has 1 aliphatic carbocycles. The van der Waals surface area contributed by atoms with Crippen LogP contribution in [0.25, 0.3) is 0 Å². The number of aryl methyl sites for hydroxylation is 2. The molecule has 0 unspecified atom stereocenters. The first-order valence-corrected chi connectivity index (χ1v) is 9.55. The Morgan fingerprint density at radius 3 is 2.54 bits per heavy atom. The summed E-state index contributed by atoms with van der Waals surface area (Å²) >= 11 is 0. The van der Waals surface area contributed by atoms with Gasteiger partial charge < -0.3 is 15.1 Å². The summed E-state index contributed by atoms with van der Waals surface area (Å²) in [7, 11) is 0. The predicted molar refractivity (Wildman–Crippen MR) is 99.4 cm³/mol. The van der Waals surface area contributed by atoms with Gasteiger partial charge in [-0.05, 0) is 54.9 Å². The van der Waals surface area contributed by atoms with Crippen LogP contribution in [0, 0.1) is 5.82 Å². The Morgan fingerprint density at radius 2 is 1.77 bits per heavy atom. The van der Waals surface area contributed by atoms with Crippen LogP contribution in [-0.2, 0) is 18.4 Å². The van der Waals surface area contributed by atoms with Crippen molar-refractivity contribution < 1.29 is 14.6 Å². The molecular formula is C22H26FNO2. The quantitative estimate of drug-likeness (QED) is 0.884. The maximum atomic E-state index is 14.0. The van der Waals surface area contributed by atoms with Crippen LogP contribution in [0.4, 0.5) is 4.39 Å². The SMILES string of the molecule is O[C@@H](CN1CCC(O)(c2ccccc2F)CC1)c1ccc2c(c1)CCC2. The number of halogens is 1. The van der Waals surface area contributed by atoms with Crippen molar-refractivity contribution in [1.82, 2.24) is 4.90 Å². The van der Waals surface area contributed by atoms with Crippen LogP contribution in [0.1, 0.15) is 47.6 Å². The van der Waals surface area contributed by atoms with Gasteiger partial charge in [0.1, 0.15) is 5.82 Å². The van der Waals surface area contributed by atoms with E-state index in [1.54, 1.807) is 18.2 Å². The van der Waals surface area contributed by atoms with Crippen molar-refractivity contribution in [3.8, 4) is 0 Å². The van der Waals surface area contributed by atoms with Gasteiger partial charge in [-0.3, -0.25) is 0 Å². The molecule has 2 aromatic carbocycles. The van der Waals surface area contributed by atoms with E-state index in [1.165, 1.54) is 23.6 Å². The summed E-state index contributed by atoms with van der Waals surface area (Å²) in [6, 6.07) is 12.8. The number of piperidine rings is 1. The summed E-state index contributed by atoms with van der Waals surface area (Å²) in [6.45, 7) is 1.84. The van der Waals surface area contributed by atoms with Gasteiger partial charge in [-0.1, -0.05) is 36.4 Å². The lowest BCUT2D eigenvalue weighted by Crippen LogP contribution is -2.44. The van der Waals surface area contributed by atoms with Crippen molar-refractivity contribution in [2.24, 2.45) is 0 Å². The molecule has 1 aliphatic heterocycles. The lowest BCUT2D eigenvalue weighted by Gasteiger charge is -2.39. The molecule has 2 aliphatic rings. The van der Waals surface area contributed by atoms with E-state index in [2.05, 4.69) is 17.0 Å². The van der Waals surface area contributed by atoms with E-state index in [0.717, 1.165) is 18.4 Å².